The molecule has 1 unspecified atom stereocenters. The molecule has 0 aliphatic rings. The highest BCUT2D eigenvalue weighted by atomic mass is 16.3. The van der Waals surface area contributed by atoms with E-state index >= 15 is 0 Å². The van der Waals surface area contributed by atoms with E-state index in [2.05, 4.69) is 19.2 Å². The standard InChI is InChI=1S/C11H25NO/c1-4-11(5-2)9-12-8-6-7-10(3)13/h10-13H,4-9H2,1-3H3. The van der Waals surface area contributed by atoms with Gasteiger partial charge in [-0.3, -0.25) is 0 Å². The Hall–Kier alpha value is -0.0800. The van der Waals surface area contributed by atoms with E-state index < -0.39 is 0 Å². The summed E-state index contributed by atoms with van der Waals surface area (Å²) >= 11 is 0. The molecule has 0 spiro atoms. The Bertz CT molecular complexity index is 100. The molecule has 2 heteroatoms. The van der Waals surface area contributed by atoms with E-state index in [1.807, 2.05) is 6.92 Å². The van der Waals surface area contributed by atoms with Crippen molar-refractivity contribution in [2.45, 2.75) is 52.6 Å². The van der Waals surface area contributed by atoms with Crippen molar-refractivity contribution in [3.63, 3.8) is 0 Å². The van der Waals surface area contributed by atoms with Gasteiger partial charge in [0.15, 0.2) is 0 Å². The molecule has 0 aliphatic heterocycles. The van der Waals surface area contributed by atoms with E-state index in [1.54, 1.807) is 0 Å². The lowest BCUT2D eigenvalue weighted by molar-refractivity contribution is 0.181. The number of nitrogens with one attached hydrogen (secondary N) is 1. The van der Waals surface area contributed by atoms with Gasteiger partial charge in [-0.25, -0.2) is 0 Å². The van der Waals surface area contributed by atoms with Crippen LogP contribution in [0.3, 0.4) is 0 Å². The Labute approximate surface area is 82.7 Å². The van der Waals surface area contributed by atoms with Crippen molar-refractivity contribution in [3.8, 4) is 0 Å². The summed E-state index contributed by atoms with van der Waals surface area (Å²) in [4.78, 5) is 0. The Morgan fingerprint density at radius 3 is 2.31 bits per heavy atom. The van der Waals surface area contributed by atoms with E-state index in [0.717, 1.165) is 31.8 Å². The minimum atomic E-state index is -0.144. The smallest absolute Gasteiger partial charge is 0.0512 e. The number of aliphatic hydroxyl groups is 1. The maximum Gasteiger partial charge on any atom is 0.0512 e. The molecule has 0 aromatic heterocycles. The predicted octanol–water partition coefficient (Wildman–Crippen LogP) is 2.17. The zero-order valence-corrected chi connectivity index (χ0v) is 9.34. The van der Waals surface area contributed by atoms with Crippen molar-refractivity contribution in [1.82, 2.24) is 5.32 Å². The zero-order chi connectivity index (χ0) is 10.1. The van der Waals surface area contributed by atoms with Crippen LogP contribution in [0, 0.1) is 5.92 Å². The second-order valence-corrected chi connectivity index (χ2v) is 3.88. The summed E-state index contributed by atoms with van der Waals surface area (Å²) in [5, 5.41) is 12.5. The van der Waals surface area contributed by atoms with Gasteiger partial charge < -0.3 is 10.4 Å². The van der Waals surface area contributed by atoms with Crippen LogP contribution >= 0.6 is 0 Å². The molecule has 0 aromatic rings. The summed E-state index contributed by atoms with van der Waals surface area (Å²) in [6, 6.07) is 0. The first-order chi connectivity index (χ1) is 6.20. The summed E-state index contributed by atoms with van der Waals surface area (Å²) in [6.45, 7) is 8.51. The predicted molar refractivity (Wildman–Crippen MR) is 57.9 cm³/mol. The number of rotatable bonds is 8. The maximum atomic E-state index is 9.03. The third-order valence-electron chi connectivity index (χ3n) is 2.56. The molecule has 0 saturated carbocycles. The van der Waals surface area contributed by atoms with E-state index in [9.17, 15) is 0 Å². The lowest BCUT2D eigenvalue weighted by Crippen LogP contribution is -2.23. The summed E-state index contributed by atoms with van der Waals surface area (Å²) in [5.74, 6) is 0.826. The summed E-state index contributed by atoms with van der Waals surface area (Å²) in [7, 11) is 0. The largest absolute Gasteiger partial charge is 0.393 e. The average molecular weight is 187 g/mol. The van der Waals surface area contributed by atoms with Gasteiger partial charge in [-0.1, -0.05) is 26.7 Å². The van der Waals surface area contributed by atoms with Crippen LogP contribution in [-0.4, -0.2) is 24.3 Å². The van der Waals surface area contributed by atoms with Crippen molar-refractivity contribution in [1.29, 1.82) is 0 Å². The molecule has 2 nitrogen and oxygen atoms in total. The first-order valence-electron chi connectivity index (χ1n) is 5.59. The van der Waals surface area contributed by atoms with Crippen molar-refractivity contribution in [3.05, 3.63) is 0 Å². The summed E-state index contributed by atoms with van der Waals surface area (Å²) in [6.07, 6.45) is 4.38. The second-order valence-electron chi connectivity index (χ2n) is 3.88. The number of aliphatic hydroxyl groups excluding tert-OH is 1. The van der Waals surface area contributed by atoms with Crippen molar-refractivity contribution in [2.75, 3.05) is 13.1 Å². The molecular formula is C11H25NO. The van der Waals surface area contributed by atoms with Crippen LogP contribution < -0.4 is 5.32 Å². The van der Waals surface area contributed by atoms with Crippen LogP contribution in [0.4, 0.5) is 0 Å². The molecule has 0 fully saturated rings. The van der Waals surface area contributed by atoms with E-state index in [-0.39, 0.29) is 6.10 Å². The van der Waals surface area contributed by atoms with Crippen LogP contribution in [0.5, 0.6) is 0 Å². The Morgan fingerprint density at radius 1 is 1.23 bits per heavy atom. The fraction of sp³-hybridized carbons (Fsp3) is 1.00. The monoisotopic (exact) mass is 187 g/mol. The highest BCUT2D eigenvalue weighted by Crippen LogP contribution is 2.05. The van der Waals surface area contributed by atoms with E-state index in [1.165, 1.54) is 12.8 Å². The highest BCUT2D eigenvalue weighted by molar-refractivity contribution is 4.59. The molecular weight excluding hydrogens is 162 g/mol. The van der Waals surface area contributed by atoms with Crippen molar-refractivity contribution < 1.29 is 5.11 Å². The molecule has 1 atom stereocenters. The number of hydrogen-bond donors (Lipinski definition) is 2. The van der Waals surface area contributed by atoms with Crippen LogP contribution in [0.15, 0.2) is 0 Å². The highest BCUT2D eigenvalue weighted by Gasteiger charge is 2.01. The summed E-state index contributed by atoms with van der Waals surface area (Å²) < 4.78 is 0. The maximum absolute atomic E-state index is 9.03. The van der Waals surface area contributed by atoms with Gasteiger partial charge in [0.2, 0.25) is 0 Å². The Kier molecular flexibility index (Phi) is 8.46. The van der Waals surface area contributed by atoms with Gasteiger partial charge in [0.05, 0.1) is 6.10 Å². The third-order valence-corrected chi connectivity index (χ3v) is 2.56. The van der Waals surface area contributed by atoms with Gasteiger partial charge in [-0.15, -0.1) is 0 Å². The molecule has 0 aliphatic carbocycles. The van der Waals surface area contributed by atoms with Gasteiger partial charge in [0.25, 0.3) is 0 Å². The number of hydrogen-bond acceptors (Lipinski definition) is 2. The zero-order valence-electron chi connectivity index (χ0n) is 9.34. The molecule has 0 aromatic carbocycles. The van der Waals surface area contributed by atoms with Gasteiger partial charge in [0.1, 0.15) is 0 Å². The van der Waals surface area contributed by atoms with Gasteiger partial charge in [-0.05, 0) is 38.8 Å². The minimum Gasteiger partial charge on any atom is -0.393 e. The second kappa shape index (κ2) is 8.52. The SMILES string of the molecule is CCC(CC)CNCCCC(C)O. The quantitative estimate of drug-likeness (QED) is 0.571. The Morgan fingerprint density at radius 2 is 1.85 bits per heavy atom. The molecule has 80 valence electrons. The van der Waals surface area contributed by atoms with Crippen LogP contribution in [0.1, 0.15) is 46.5 Å². The topological polar surface area (TPSA) is 32.3 Å². The van der Waals surface area contributed by atoms with Gasteiger partial charge in [-0.2, -0.15) is 0 Å². The van der Waals surface area contributed by atoms with Crippen molar-refractivity contribution >= 4 is 0 Å². The summed E-state index contributed by atoms with van der Waals surface area (Å²) in [5.41, 5.74) is 0. The van der Waals surface area contributed by atoms with Crippen molar-refractivity contribution in [2.24, 2.45) is 5.92 Å². The van der Waals surface area contributed by atoms with Crippen LogP contribution in [-0.2, 0) is 0 Å². The lowest BCUT2D eigenvalue weighted by atomic mass is 10.0. The lowest BCUT2D eigenvalue weighted by Gasteiger charge is -2.13. The fourth-order valence-electron chi connectivity index (χ4n) is 1.41. The first-order valence-corrected chi connectivity index (χ1v) is 5.59. The first kappa shape index (κ1) is 12.9. The molecule has 0 bridgehead atoms. The normalized spacial score (nSPS) is 13.6. The fourth-order valence-corrected chi connectivity index (χ4v) is 1.41. The molecule has 0 radical (unpaired) electrons. The molecule has 0 rings (SSSR count). The molecule has 13 heavy (non-hydrogen) atoms. The van der Waals surface area contributed by atoms with Gasteiger partial charge in [0, 0.05) is 0 Å². The van der Waals surface area contributed by atoms with Crippen LogP contribution in [0.25, 0.3) is 0 Å². The van der Waals surface area contributed by atoms with E-state index in [0.29, 0.717) is 0 Å². The molecule has 0 amide bonds. The van der Waals surface area contributed by atoms with E-state index in [4.69, 9.17) is 5.11 Å². The van der Waals surface area contributed by atoms with Gasteiger partial charge >= 0.3 is 0 Å². The molecule has 0 heterocycles. The molecule has 2 N–H and O–H groups in total. The molecule has 0 saturated heterocycles. The van der Waals surface area contributed by atoms with Crippen LogP contribution in [0.2, 0.25) is 0 Å². The third kappa shape index (κ3) is 8.26. The average Bonchev–Trinajstić information content (AvgIpc) is 2.11. The Balaban J connectivity index is 3.14. The minimum absolute atomic E-state index is 0.144.